The Morgan fingerprint density at radius 3 is 2.69 bits per heavy atom. The SMILES string of the molecule is CCC1Oc2ccc(-c3csc(-c4ccccn4)n3)cc2N(CC(=O)OCCc2ccccc2)C1=O. The lowest BCUT2D eigenvalue weighted by molar-refractivity contribution is -0.143. The van der Waals surface area contributed by atoms with E-state index in [9.17, 15) is 9.59 Å². The Morgan fingerprint density at radius 2 is 1.92 bits per heavy atom. The Balaban J connectivity index is 1.35. The summed E-state index contributed by atoms with van der Waals surface area (Å²) in [5, 5.41) is 2.76. The number of aromatic nitrogens is 2. The number of rotatable bonds is 8. The summed E-state index contributed by atoms with van der Waals surface area (Å²) in [5.74, 6) is -0.157. The molecule has 7 nitrogen and oxygen atoms in total. The van der Waals surface area contributed by atoms with E-state index < -0.39 is 12.1 Å². The highest BCUT2D eigenvalue weighted by atomic mass is 32.1. The van der Waals surface area contributed by atoms with Crippen LogP contribution in [0.25, 0.3) is 22.0 Å². The van der Waals surface area contributed by atoms with Crippen molar-refractivity contribution < 1.29 is 19.1 Å². The number of benzene rings is 2. The third-order valence-corrected chi connectivity index (χ3v) is 6.76. The number of nitrogens with zero attached hydrogens (tertiary/aromatic N) is 3. The van der Waals surface area contributed by atoms with Crippen LogP contribution in [0, 0.1) is 0 Å². The second kappa shape index (κ2) is 10.7. The van der Waals surface area contributed by atoms with Crippen LogP contribution in [0.2, 0.25) is 0 Å². The zero-order valence-corrected chi connectivity index (χ0v) is 20.6. The monoisotopic (exact) mass is 499 g/mol. The maximum absolute atomic E-state index is 13.2. The lowest BCUT2D eigenvalue weighted by Crippen LogP contribution is -2.48. The van der Waals surface area contributed by atoms with Gasteiger partial charge in [0.1, 0.15) is 17.3 Å². The van der Waals surface area contributed by atoms with E-state index in [0.717, 1.165) is 27.5 Å². The third-order valence-electron chi connectivity index (χ3n) is 5.90. The first-order chi connectivity index (χ1) is 17.6. The molecule has 0 aliphatic carbocycles. The topological polar surface area (TPSA) is 81.6 Å². The first-order valence-electron chi connectivity index (χ1n) is 11.8. The number of anilines is 1. The first kappa shape index (κ1) is 23.7. The number of thiazole rings is 1. The molecule has 5 rings (SSSR count). The van der Waals surface area contributed by atoms with Crippen molar-refractivity contribution in [2.75, 3.05) is 18.1 Å². The normalized spacial score (nSPS) is 14.8. The minimum absolute atomic E-state index is 0.180. The molecule has 1 unspecified atom stereocenters. The minimum Gasteiger partial charge on any atom is -0.478 e. The zero-order valence-electron chi connectivity index (χ0n) is 19.8. The molecule has 0 spiro atoms. The number of amides is 1. The molecule has 2 aromatic heterocycles. The van der Waals surface area contributed by atoms with Crippen molar-refractivity contribution in [1.82, 2.24) is 9.97 Å². The molecule has 1 aliphatic rings. The maximum atomic E-state index is 13.2. The Labute approximate surface area is 213 Å². The van der Waals surface area contributed by atoms with E-state index in [1.165, 1.54) is 16.2 Å². The molecular weight excluding hydrogens is 474 g/mol. The van der Waals surface area contributed by atoms with E-state index in [0.29, 0.717) is 24.3 Å². The fraction of sp³-hybridized carbons (Fsp3) is 0.214. The molecule has 182 valence electrons. The fourth-order valence-electron chi connectivity index (χ4n) is 4.02. The molecule has 1 amide bonds. The van der Waals surface area contributed by atoms with Gasteiger partial charge in [0.25, 0.3) is 5.91 Å². The summed E-state index contributed by atoms with van der Waals surface area (Å²) in [5.41, 5.74) is 4.01. The van der Waals surface area contributed by atoms with Crippen LogP contribution in [0.15, 0.2) is 78.3 Å². The number of pyridine rings is 1. The van der Waals surface area contributed by atoms with Gasteiger partial charge in [-0.2, -0.15) is 0 Å². The van der Waals surface area contributed by atoms with E-state index in [1.54, 1.807) is 6.20 Å². The van der Waals surface area contributed by atoms with Gasteiger partial charge in [-0.15, -0.1) is 11.3 Å². The first-order valence-corrected chi connectivity index (χ1v) is 12.7. The molecule has 0 saturated heterocycles. The molecular formula is C28H25N3O4S. The van der Waals surface area contributed by atoms with Gasteiger partial charge >= 0.3 is 5.97 Å². The Bertz CT molecular complexity index is 1360. The van der Waals surface area contributed by atoms with Crippen molar-refractivity contribution >= 4 is 28.9 Å². The number of ether oxygens (including phenoxy) is 2. The number of hydrogen-bond donors (Lipinski definition) is 0. The molecule has 0 radical (unpaired) electrons. The van der Waals surface area contributed by atoms with Crippen LogP contribution in [0.5, 0.6) is 5.75 Å². The average Bonchev–Trinajstić information content (AvgIpc) is 3.41. The summed E-state index contributed by atoms with van der Waals surface area (Å²) >= 11 is 1.50. The summed E-state index contributed by atoms with van der Waals surface area (Å²) in [6, 6.07) is 21.1. The molecule has 3 heterocycles. The molecule has 36 heavy (non-hydrogen) atoms. The molecule has 2 aromatic carbocycles. The van der Waals surface area contributed by atoms with Crippen LogP contribution in [-0.4, -0.2) is 41.1 Å². The van der Waals surface area contributed by atoms with Crippen LogP contribution in [0.1, 0.15) is 18.9 Å². The van der Waals surface area contributed by atoms with E-state index in [2.05, 4.69) is 4.98 Å². The largest absolute Gasteiger partial charge is 0.478 e. The predicted molar refractivity (Wildman–Crippen MR) is 139 cm³/mol. The van der Waals surface area contributed by atoms with Gasteiger partial charge in [-0.05, 0) is 42.3 Å². The summed E-state index contributed by atoms with van der Waals surface area (Å²) in [6.45, 7) is 1.95. The van der Waals surface area contributed by atoms with Gasteiger partial charge in [0.05, 0.1) is 23.7 Å². The zero-order chi connectivity index (χ0) is 24.9. The number of carbonyl (C=O) groups is 2. The number of esters is 1. The summed E-state index contributed by atoms with van der Waals surface area (Å²) in [4.78, 5) is 36.4. The van der Waals surface area contributed by atoms with Crippen molar-refractivity contribution in [2.45, 2.75) is 25.9 Å². The van der Waals surface area contributed by atoms with Crippen LogP contribution in [-0.2, 0) is 20.7 Å². The van der Waals surface area contributed by atoms with Crippen molar-refractivity contribution in [3.05, 3.63) is 83.9 Å². The number of fused-ring (bicyclic) bond motifs is 1. The Kier molecular flexibility index (Phi) is 7.04. The molecule has 1 atom stereocenters. The molecule has 0 saturated carbocycles. The quantitative estimate of drug-likeness (QED) is 0.312. The minimum atomic E-state index is -0.643. The molecule has 0 N–H and O–H groups in total. The third kappa shape index (κ3) is 5.13. The lowest BCUT2D eigenvalue weighted by Gasteiger charge is -2.33. The van der Waals surface area contributed by atoms with Crippen LogP contribution in [0.3, 0.4) is 0 Å². The molecule has 4 aromatic rings. The van der Waals surface area contributed by atoms with Crippen molar-refractivity contribution in [3.63, 3.8) is 0 Å². The van der Waals surface area contributed by atoms with E-state index >= 15 is 0 Å². The second-order valence-corrected chi connectivity index (χ2v) is 9.19. The Hall–Kier alpha value is -4.04. The smallest absolute Gasteiger partial charge is 0.326 e. The van der Waals surface area contributed by atoms with Crippen molar-refractivity contribution in [1.29, 1.82) is 0 Å². The van der Waals surface area contributed by atoms with Crippen molar-refractivity contribution in [3.8, 4) is 27.7 Å². The highest BCUT2D eigenvalue weighted by Crippen LogP contribution is 2.39. The number of hydrogen-bond acceptors (Lipinski definition) is 7. The lowest BCUT2D eigenvalue weighted by atomic mass is 10.1. The molecule has 1 aliphatic heterocycles. The van der Waals surface area contributed by atoms with Gasteiger partial charge in [0, 0.05) is 23.6 Å². The van der Waals surface area contributed by atoms with E-state index in [-0.39, 0.29) is 19.1 Å². The van der Waals surface area contributed by atoms with Gasteiger partial charge in [-0.3, -0.25) is 19.5 Å². The summed E-state index contributed by atoms with van der Waals surface area (Å²) in [6.07, 6.45) is 2.21. The summed E-state index contributed by atoms with van der Waals surface area (Å²) in [7, 11) is 0. The molecule has 8 heteroatoms. The van der Waals surface area contributed by atoms with Gasteiger partial charge in [0.15, 0.2) is 6.10 Å². The highest BCUT2D eigenvalue weighted by Gasteiger charge is 2.35. The molecule has 0 fully saturated rings. The van der Waals surface area contributed by atoms with Crippen LogP contribution < -0.4 is 9.64 Å². The highest BCUT2D eigenvalue weighted by molar-refractivity contribution is 7.13. The van der Waals surface area contributed by atoms with E-state index in [4.69, 9.17) is 14.5 Å². The van der Waals surface area contributed by atoms with Crippen LogP contribution >= 0.6 is 11.3 Å². The van der Waals surface area contributed by atoms with Gasteiger partial charge < -0.3 is 9.47 Å². The average molecular weight is 500 g/mol. The Morgan fingerprint density at radius 1 is 1.08 bits per heavy atom. The van der Waals surface area contributed by atoms with E-state index in [1.807, 2.05) is 79.0 Å². The van der Waals surface area contributed by atoms with Crippen LogP contribution in [0.4, 0.5) is 5.69 Å². The van der Waals surface area contributed by atoms with Crippen molar-refractivity contribution in [2.24, 2.45) is 0 Å². The predicted octanol–water partition coefficient (Wildman–Crippen LogP) is 5.16. The molecule has 0 bridgehead atoms. The summed E-state index contributed by atoms with van der Waals surface area (Å²) < 4.78 is 11.4. The van der Waals surface area contributed by atoms with Gasteiger partial charge in [-0.25, -0.2) is 4.98 Å². The van der Waals surface area contributed by atoms with Gasteiger partial charge in [-0.1, -0.05) is 43.3 Å². The number of carbonyl (C=O) groups excluding carboxylic acids is 2. The fourth-order valence-corrected chi connectivity index (χ4v) is 4.82. The van der Waals surface area contributed by atoms with Gasteiger partial charge in [0.2, 0.25) is 0 Å². The second-order valence-electron chi connectivity index (χ2n) is 8.33. The maximum Gasteiger partial charge on any atom is 0.326 e. The standard InChI is InChI=1S/C28H25N3O4S/c1-2-24-28(33)31(17-26(32)34-15-13-19-8-4-3-5-9-19)23-16-20(11-12-25(23)35-24)22-18-36-27(30-22)21-10-6-7-14-29-21/h3-12,14,16,18,24H,2,13,15,17H2,1H3.